The summed E-state index contributed by atoms with van der Waals surface area (Å²) in [5.74, 6) is 0.352. The van der Waals surface area contributed by atoms with E-state index in [1.54, 1.807) is 13.0 Å². The molecule has 5 heteroatoms. The number of aliphatic hydroxyl groups excluding tert-OH is 1. The second-order valence-electron chi connectivity index (χ2n) is 5.55. The van der Waals surface area contributed by atoms with Gasteiger partial charge in [0, 0.05) is 6.04 Å². The summed E-state index contributed by atoms with van der Waals surface area (Å²) in [5.41, 5.74) is -0.301. The molecule has 1 saturated carbocycles. The van der Waals surface area contributed by atoms with Crippen LogP contribution in [0.3, 0.4) is 0 Å². The molecule has 2 rings (SSSR count). The lowest BCUT2D eigenvalue weighted by atomic mass is 10.00. The van der Waals surface area contributed by atoms with Gasteiger partial charge in [0.25, 0.3) is 0 Å². The molecule has 2 nitrogen and oxygen atoms in total. The van der Waals surface area contributed by atoms with Crippen LogP contribution in [0, 0.1) is 5.92 Å². The van der Waals surface area contributed by atoms with E-state index in [4.69, 9.17) is 0 Å². The van der Waals surface area contributed by atoms with Crippen LogP contribution < -0.4 is 5.32 Å². The van der Waals surface area contributed by atoms with Crippen molar-refractivity contribution in [2.45, 2.75) is 44.5 Å². The van der Waals surface area contributed by atoms with Gasteiger partial charge in [0.1, 0.15) is 0 Å². The first-order valence-corrected chi connectivity index (χ1v) is 6.95. The molecule has 1 aliphatic carbocycles. The van der Waals surface area contributed by atoms with Crippen molar-refractivity contribution in [1.82, 2.24) is 5.32 Å². The molecule has 0 saturated heterocycles. The van der Waals surface area contributed by atoms with E-state index in [-0.39, 0.29) is 17.7 Å². The van der Waals surface area contributed by atoms with E-state index in [9.17, 15) is 18.3 Å². The molecular weight excluding hydrogens is 267 g/mol. The van der Waals surface area contributed by atoms with Crippen molar-refractivity contribution in [3.05, 3.63) is 35.4 Å². The van der Waals surface area contributed by atoms with Gasteiger partial charge in [0.2, 0.25) is 0 Å². The van der Waals surface area contributed by atoms with E-state index >= 15 is 0 Å². The molecule has 2 N–H and O–H groups in total. The zero-order valence-corrected chi connectivity index (χ0v) is 11.5. The van der Waals surface area contributed by atoms with Gasteiger partial charge in [-0.05, 0) is 50.3 Å². The number of hydrogen-bond donors (Lipinski definition) is 2. The van der Waals surface area contributed by atoms with Crippen LogP contribution in [0.2, 0.25) is 0 Å². The van der Waals surface area contributed by atoms with Gasteiger partial charge in [-0.25, -0.2) is 0 Å². The summed E-state index contributed by atoms with van der Waals surface area (Å²) in [6.45, 7) is 2.39. The number of benzene rings is 1. The van der Waals surface area contributed by atoms with Crippen molar-refractivity contribution in [2.75, 3.05) is 6.54 Å². The van der Waals surface area contributed by atoms with Gasteiger partial charge in [-0.15, -0.1) is 0 Å². The van der Waals surface area contributed by atoms with Gasteiger partial charge in [-0.3, -0.25) is 0 Å². The third kappa shape index (κ3) is 3.73. The lowest BCUT2D eigenvalue weighted by Gasteiger charge is -2.21. The normalized spacial score (nSPS) is 24.9. The lowest BCUT2D eigenvalue weighted by Crippen LogP contribution is -2.26. The standard InChI is InChI=1S/C15H20F3NO/c1-10(19-9-11-6-7-12(20)8-11)13-4-2-3-5-14(13)15(16,17)18/h2-5,10-12,19-20H,6-9H2,1H3. The lowest BCUT2D eigenvalue weighted by molar-refractivity contribution is -0.138. The molecule has 20 heavy (non-hydrogen) atoms. The summed E-state index contributed by atoms with van der Waals surface area (Å²) in [4.78, 5) is 0. The second-order valence-corrected chi connectivity index (χ2v) is 5.55. The Morgan fingerprint density at radius 2 is 2.00 bits per heavy atom. The first-order valence-electron chi connectivity index (χ1n) is 6.95. The van der Waals surface area contributed by atoms with Crippen LogP contribution in [0.25, 0.3) is 0 Å². The molecule has 0 aromatic heterocycles. The van der Waals surface area contributed by atoms with E-state index in [1.165, 1.54) is 12.1 Å². The fraction of sp³-hybridized carbons (Fsp3) is 0.600. The molecule has 1 fully saturated rings. The Kier molecular flexibility index (Phi) is 4.70. The predicted octanol–water partition coefficient (Wildman–Crippen LogP) is 3.52. The third-order valence-electron chi connectivity index (χ3n) is 3.96. The highest BCUT2D eigenvalue weighted by molar-refractivity contribution is 5.32. The second kappa shape index (κ2) is 6.14. The Bertz CT molecular complexity index is 447. The first-order chi connectivity index (χ1) is 9.38. The van der Waals surface area contributed by atoms with E-state index in [0.717, 1.165) is 25.3 Å². The predicted molar refractivity (Wildman–Crippen MR) is 71.2 cm³/mol. The van der Waals surface area contributed by atoms with Gasteiger partial charge >= 0.3 is 6.18 Å². The topological polar surface area (TPSA) is 32.3 Å². The van der Waals surface area contributed by atoms with Gasteiger partial charge in [-0.1, -0.05) is 18.2 Å². The molecule has 0 aliphatic heterocycles. The number of rotatable bonds is 4. The molecule has 1 aromatic rings. The average molecular weight is 287 g/mol. The summed E-state index contributed by atoms with van der Waals surface area (Å²) in [5, 5.41) is 12.6. The van der Waals surface area contributed by atoms with Crippen molar-refractivity contribution >= 4 is 0 Å². The molecule has 0 heterocycles. The van der Waals surface area contributed by atoms with Crippen LogP contribution in [-0.4, -0.2) is 17.8 Å². The van der Waals surface area contributed by atoms with Gasteiger partial charge in [0.15, 0.2) is 0 Å². The van der Waals surface area contributed by atoms with Gasteiger partial charge < -0.3 is 10.4 Å². The van der Waals surface area contributed by atoms with Crippen molar-refractivity contribution in [2.24, 2.45) is 5.92 Å². The third-order valence-corrected chi connectivity index (χ3v) is 3.96. The molecule has 1 aromatic carbocycles. The summed E-state index contributed by atoms with van der Waals surface area (Å²) in [6.07, 6.45) is -2.11. The van der Waals surface area contributed by atoms with Crippen molar-refractivity contribution in [3.8, 4) is 0 Å². The highest BCUT2D eigenvalue weighted by atomic mass is 19.4. The number of aliphatic hydroxyl groups is 1. The molecule has 0 bridgehead atoms. The summed E-state index contributed by atoms with van der Waals surface area (Å²) >= 11 is 0. The zero-order valence-electron chi connectivity index (χ0n) is 11.5. The Balaban J connectivity index is 2.00. The largest absolute Gasteiger partial charge is 0.416 e. The molecule has 3 atom stereocenters. The number of hydrogen-bond acceptors (Lipinski definition) is 2. The average Bonchev–Trinajstić information content (AvgIpc) is 2.81. The summed E-state index contributed by atoms with van der Waals surface area (Å²) < 4.78 is 38.8. The van der Waals surface area contributed by atoms with Crippen molar-refractivity contribution < 1.29 is 18.3 Å². The van der Waals surface area contributed by atoms with E-state index in [2.05, 4.69) is 5.32 Å². The van der Waals surface area contributed by atoms with E-state index < -0.39 is 11.7 Å². The molecule has 0 amide bonds. The highest BCUT2D eigenvalue weighted by Crippen LogP contribution is 2.34. The summed E-state index contributed by atoms with van der Waals surface area (Å²) in [7, 11) is 0. The molecule has 0 radical (unpaired) electrons. The number of alkyl halides is 3. The van der Waals surface area contributed by atoms with E-state index in [1.807, 2.05) is 0 Å². The molecule has 3 unspecified atom stereocenters. The van der Waals surface area contributed by atoms with Crippen LogP contribution in [0.1, 0.15) is 43.4 Å². The van der Waals surface area contributed by atoms with E-state index in [0.29, 0.717) is 12.5 Å². The minimum atomic E-state index is -4.32. The maximum absolute atomic E-state index is 12.9. The van der Waals surface area contributed by atoms with Crippen LogP contribution in [0.5, 0.6) is 0 Å². The maximum Gasteiger partial charge on any atom is 0.416 e. The monoisotopic (exact) mass is 287 g/mol. The SMILES string of the molecule is CC(NCC1CCC(O)C1)c1ccccc1C(F)(F)F. The van der Waals surface area contributed by atoms with Crippen LogP contribution >= 0.6 is 0 Å². The number of halogens is 3. The van der Waals surface area contributed by atoms with Crippen LogP contribution in [-0.2, 0) is 6.18 Å². The van der Waals surface area contributed by atoms with Crippen molar-refractivity contribution in [1.29, 1.82) is 0 Å². The molecular formula is C15H20F3NO. The Labute approximate surface area is 117 Å². The zero-order chi connectivity index (χ0) is 14.8. The minimum Gasteiger partial charge on any atom is -0.393 e. The fourth-order valence-corrected chi connectivity index (χ4v) is 2.82. The fourth-order valence-electron chi connectivity index (χ4n) is 2.82. The molecule has 0 spiro atoms. The molecule has 1 aliphatic rings. The quantitative estimate of drug-likeness (QED) is 0.888. The Morgan fingerprint density at radius 3 is 2.60 bits per heavy atom. The van der Waals surface area contributed by atoms with Crippen LogP contribution in [0.4, 0.5) is 13.2 Å². The van der Waals surface area contributed by atoms with Crippen LogP contribution in [0.15, 0.2) is 24.3 Å². The van der Waals surface area contributed by atoms with Crippen molar-refractivity contribution in [3.63, 3.8) is 0 Å². The van der Waals surface area contributed by atoms with Gasteiger partial charge in [0.05, 0.1) is 11.7 Å². The minimum absolute atomic E-state index is 0.250. The first kappa shape index (κ1) is 15.3. The number of nitrogens with one attached hydrogen (secondary N) is 1. The smallest absolute Gasteiger partial charge is 0.393 e. The maximum atomic E-state index is 12.9. The summed E-state index contributed by atoms with van der Waals surface area (Å²) in [6, 6.07) is 5.32. The highest BCUT2D eigenvalue weighted by Gasteiger charge is 2.34. The molecule has 112 valence electrons. The van der Waals surface area contributed by atoms with Gasteiger partial charge in [-0.2, -0.15) is 13.2 Å². The Hall–Kier alpha value is -1.07. The Morgan fingerprint density at radius 1 is 1.30 bits per heavy atom.